The highest BCUT2D eigenvalue weighted by atomic mass is 32.1. The van der Waals surface area contributed by atoms with Gasteiger partial charge < -0.3 is 0 Å². The molecule has 6 aromatic carbocycles. The van der Waals surface area contributed by atoms with Gasteiger partial charge in [-0.1, -0.05) is 129 Å². The third kappa shape index (κ3) is 3.71. The minimum absolute atomic E-state index is 0.486. The molecule has 46 heavy (non-hydrogen) atoms. The lowest BCUT2D eigenvalue weighted by Crippen LogP contribution is -2.29. The lowest BCUT2D eigenvalue weighted by molar-refractivity contribution is 0.776. The summed E-state index contributed by atoms with van der Waals surface area (Å²) in [4.78, 5) is 5.09. The summed E-state index contributed by atoms with van der Waals surface area (Å²) in [5, 5.41) is 3.86. The maximum Gasteiger partial charge on any atom is 0.124 e. The van der Waals surface area contributed by atoms with Gasteiger partial charge in [-0.2, -0.15) is 0 Å². The van der Waals surface area contributed by atoms with Crippen molar-refractivity contribution in [2.75, 3.05) is 0 Å². The number of para-hydroxylation sites is 1. The van der Waals surface area contributed by atoms with E-state index in [-0.39, 0.29) is 0 Å². The van der Waals surface area contributed by atoms with Gasteiger partial charge in [-0.05, 0) is 104 Å². The molecule has 0 fully saturated rings. The van der Waals surface area contributed by atoms with E-state index in [2.05, 4.69) is 140 Å². The Bertz CT molecular complexity index is 2360. The standard InChI is InChI=1S/C42H27NS.C2H6/c1-2-13-30(14-3-1)42(36-24-28-12-8-10-26-20-21-27-11-9-16-33(36)40(27)39(26)28)34-17-5-4-15-31(34)32-23-22-29(25-35(32)42)41-43-37-18-6-7-19-38(37)44-41;1-2/h1-9,11-20,22-25H,10,21H2;1-2H3. The Labute approximate surface area is 274 Å². The molecular weight excluding hydrogens is 575 g/mol. The molecule has 0 saturated heterocycles. The molecule has 1 nitrogen and oxygen atoms in total. The largest absolute Gasteiger partial charge is 0.236 e. The summed E-state index contributed by atoms with van der Waals surface area (Å²) in [6.07, 6.45) is 9.14. The van der Waals surface area contributed by atoms with Crippen molar-refractivity contribution in [3.8, 4) is 21.7 Å². The van der Waals surface area contributed by atoms with Crippen LogP contribution in [0.4, 0.5) is 0 Å². The SMILES string of the molecule is C1=Cc2cc(C3(c4ccccc4)c4ccccc4-c4ccc(-c5nc6ccccc6s5)cc43)c3cccc4c3c2C(=CC4)C1.CC. The molecule has 0 amide bonds. The molecule has 0 N–H and O–H groups in total. The summed E-state index contributed by atoms with van der Waals surface area (Å²) in [6.45, 7) is 4.00. The highest BCUT2D eigenvalue weighted by Gasteiger charge is 2.47. The van der Waals surface area contributed by atoms with Crippen molar-refractivity contribution in [1.82, 2.24) is 4.98 Å². The van der Waals surface area contributed by atoms with Gasteiger partial charge in [-0.3, -0.25) is 0 Å². The maximum absolute atomic E-state index is 5.09. The fourth-order valence-electron chi connectivity index (χ4n) is 8.21. The Morgan fingerprint density at radius 3 is 2.37 bits per heavy atom. The molecule has 10 rings (SSSR count). The summed E-state index contributed by atoms with van der Waals surface area (Å²) in [5.74, 6) is 0. The first-order valence-electron chi connectivity index (χ1n) is 16.4. The molecule has 2 heteroatoms. The molecule has 1 aromatic heterocycles. The normalized spacial score (nSPS) is 16.9. The van der Waals surface area contributed by atoms with Crippen LogP contribution in [0.2, 0.25) is 0 Å². The summed E-state index contributed by atoms with van der Waals surface area (Å²) < 4.78 is 1.22. The molecule has 1 heterocycles. The number of allylic oxidation sites excluding steroid dienone is 3. The molecule has 1 unspecified atom stereocenters. The Hall–Kier alpha value is -5.05. The molecule has 220 valence electrons. The van der Waals surface area contributed by atoms with Crippen LogP contribution in [0.5, 0.6) is 0 Å². The molecule has 3 aliphatic carbocycles. The summed E-state index contributed by atoms with van der Waals surface area (Å²) in [5.41, 5.74) is 15.4. The van der Waals surface area contributed by atoms with Gasteiger partial charge in [0.25, 0.3) is 0 Å². The van der Waals surface area contributed by atoms with Gasteiger partial charge in [-0.15, -0.1) is 11.3 Å². The number of nitrogens with zero attached hydrogens (tertiary/aromatic N) is 1. The van der Waals surface area contributed by atoms with E-state index >= 15 is 0 Å². The van der Waals surface area contributed by atoms with Crippen LogP contribution >= 0.6 is 11.3 Å². The first-order valence-corrected chi connectivity index (χ1v) is 17.2. The van der Waals surface area contributed by atoms with Crippen molar-refractivity contribution < 1.29 is 0 Å². The summed E-state index contributed by atoms with van der Waals surface area (Å²) in [6, 6.07) is 45.3. The van der Waals surface area contributed by atoms with Crippen molar-refractivity contribution in [3.63, 3.8) is 0 Å². The van der Waals surface area contributed by atoms with E-state index in [4.69, 9.17) is 4.98 Å². The van der Waals surface area contributed by atoms with E-state index in [0.29, 0.717) is 0 Å². The molecule has 0 aliphatic heterocycles. The number of thiazole rings is 1. The first-order chi connectivity index (χ1) is 22.8. The topological polar surface area (TPSA) is 12.9 Å². The molecule has 0 radical (unpaired) electrons. The Kier molecular flexibility index (Phi) is 6.23. The number of benzene rings is 6. The molecule has 0 bridgehead atoms. The van der Waals surface area contributed by atoms with E-state index in [1.807, 2.05) is 13.8 Å². The van der Waals surface area contributed by atoms with Crippen molar-refractivity contribution in [3.05, 3.63) is 172 Å². The van der Waals surface area contributed by atoms with Crippen molar-refractivity contribution in [1.29, 1.82) is 0 Å². The third-order valence-corrected chi connectivity index (χ3v) is 11.1. The fourth-order valence-corrected chi connectivity index (χ4v) is 9.18. The zero-order valence-corrected chi connectivity index (χ0v) is 26.9. The predicted molar refractivity (Wildman–Crippen MR) is 197 cm³/mol. The number of fused-ring (bicyclic) bond motifs is 4. The summed E-state index contributed by atoms with van der Waals surface area (Å²) >= 11 is 1.78. The van der Waals surface area contributed by atoms with Crippen LogP contribution in [0.15, 0.2) is 133 Å². The van der Waals surface area contributed by atoms with Crippen molar-refractivity contribution >= 4 is 44.0 Å². The predicted octanol–water partition coefficient (Wildman–Crippen LogP) is 11.9. The number of hydrogen-bond acceptors (Lipinski definition) is 2. The Balaban J connectivity index is 0.00000143. The van der Waals surface area contributed by atoms with Crippen LogP contribution in [-0.2, 0) is 11.8 Å². The quantitative estimate of drug-likeness (QED) is 0.195. The molecular formula is C44H33NS. The van der Waals surface area contributed by atoms with E-state index in [9.17, 15) is 0 Å². The van der Waals surface area contributed by atoms with Crippen LogP contribution in [0.1, 0.15) is 59.2 Å². The van der Waals surface area contributed by atoms with Crippen molar-refractivity contribution in [2.45, 2.75) is 32.1 Å². The Morgan fingerprint density at radius 1 is 0.674 bits per heavy atom. The number of hydrogen-bond donors (Lipinski definition) is 0. The van der Waals surface area contributed by atoms with Crippen LogP contribution in [0.3, 0.4) is 0 Å². The zero-order valence-electron chi connectivity index (χ0n) is 26.0. The molecule has 7 aromatic rings. The third-order valence-electron chi connectivity index (χ3n) is 10.0. The highest BCUT2D eigenvalue weighted by molar-refractivity contribution is 7.21. The molecule has 1 atom stereocenters. The van der Waals surface area contributed by atoms with Gasteiger partial charge in [0.05, 0.1) is 15.6 Å². The second kappa shape index (κ2) is 10.5. The average molecular weight is 608 g/mol. The van der Waals surface area contributed by atoms with Crippen LogP contribution in [0, 0.1) is 0 Å². The van der Waals surface area contributed by atoms with Gasteiger partial charge >= 0.3 is 0 Å². The van der Waals surface area contributed by atoms with Gasteiger partial charge in [0.2, 0.25) is 0 Å². The lowest BCUT2D eigenvalue weighted by Gasteiger charge is -2.37. The zero-order chi connectivity index (χ0) is 30.8. The smallest absolute Gasteiger partial charge is 0.124 e. The first kappa shape index (κ1) is 27.3. The minimum Gasteiger partial charge on any atom is -0.236 e. The highest BCUT2D eigenvalue weighted by Crippen LogP contribution is 2.59. The van der Waals surface area contributed by atoms with E-state index in [0.717, 1.165) is 23.4 Å². The van der Waals surface area contributed by atoms with E-state index in [1.165, 1.54) is 76.7 Å². The minimum atomic E-state index is -0.486. The second-order valence-electron chi connectivity index (χ2n) is 12.2. The van der Waals surface area contributed by atoms with Gasteiger partial charge in [0, 0.05) is 5.56 Å². The monoisotopic (exact) mass is 607 g/mol. The van der Waals surface area contributed by atoms with Gasteiger partial charge in [-0.25, -0.2) is 4.98 Å². The summed E-state index contributed by atoms with van der Waals surface area (Å²) in [7, 11) is 0. The number of rotatable bonds is 3. The van der Waals surface area contributed by atoms with Crippen LogP contribution in [0.25, 0.3) is 54.3 Å². The van der Waals surface area contributed by atoms with Crippen molar-refractivity contribution in [2.24, 2.45) is 0 Å². The van der Waals surface area contributed by atoms with E-state index in [1.54, 1.807) is 11.3 Å². The van der Waals surface area contributed by atoms with Gasteiger partial charge in [0.15, 0.2) is 0 Å². The van der Waals surface area contributed by atoms with Crippen LogP contribution < -0.4 is 0 Å². The Morgan fingerprint density at radius 2 is 1.48 bits per heavy atom. The van der Waals surface area contributed by atoms with E-state index < -0.39 is 5.41 Å². The average Bonchev–Trinajstić information content (AvgIpc) is 3.69. The lowest BCUT2D eigenvalue weighted by atomic mass is 9.65. The fraction of sp³-hybridized carbons (Fsp3) is 0.114. The second-order valence-corrected chi connectivity index (χ2v) is 13.2. The maximum atomic E-state index is 5.09. The molecule has 0 saturated carbocycles. The molecule has 0 spiro atoms. The van der Waals surface area contributed by atoms with Crippen LogP contribution in [-0.4, -0.2) is 4.98 Å². The van der Waals surface area contributed by atoms with Gasteiger partial charge in [0.1, 0.15) is 5.01 Å². The molecule has 3 aliphatic rings. The number of aromatic nitrogens is 1.